The standard InChI is InChI=1S/C10H11FN2/c1-3-9-12-8-6-4-5-7(11)10(8)13(9)2/h4-6H,3H2,1-2H3. The summed E-state index contributed by atoms with van der Waals surface area (Å²) >= 11 is 0. The molecule has 0 unspecified atom stereocenters. The Morgan fingerprint density at radius 1 is 1.46 bits per heavy atom. The predicted octanol–water partition coefficient (Wildman–Crippen LogP) is 2.27. The lowest BCUT2D eigenvalue weighted by Crippen LogP contribution is -1.96. The number of halogens is 1. The van der Waals surface area contributed by atoms with Crippen LogP contribution in [0.4, 0.5) is 4.39 Å². The Hall–Kier alpha value is -1.38. The van der Waals surface area contributed by atoms with E-state index >= 15 is 0 Å². The monoisotopic (exact) mass is 178 g/mol. The summed E-state index contributed by atoms with van der Waals surface area (Å²) in [6, 6.07) is 4.98. The van der Waals surface area contributed by atoms with Gasteiger partial charge >= 0.3 is 0 Å². The Balaban J connectivity index is 2.85. The maximum absolute atomic E-state index is 13.3. The van der Waals surface area contributed by atoms with Crippen molar-refractivity contribution >= 4 is 11.0 Å². The average Bonchev–Trinajstić information content (AvgIpc) is 2.44. The molecule has 0 bridgehead atoms. The molecule has 0 aliphatic carbocycles. The third-order valence-corrected chi connectivity index (χ3v) is 2.25. The van der Waals surface area contributed by atoms with Crippen molar-refractivity contribution in [1.29, 1.82) is 0 Å². The third kappa shape index (κ3) is 1.11. The van der Waals surface area contributed by atoms with Gasteiger partial charge in [0.05, 0.1) is 5.52 Å². The molecule has 0 N–H and O–H groups in total. The molecule has 1 aromatic heterocycles. The number of nitrogens with zero attached hydrogens (tertiary/aromatic N) is 2. The lowest BCUT2D eigenvalue weighted by Gasteiger charge is -1.98. The number of aryl methyl sites for hydroxylation is 2. The molecule has 2 nitrogen and oxygen atoms in total. The van der Waals surface area contributed by atoms with Crippen LogP contribution in [0.25, 0.3) is 11.0 Å². The van der Waals surface area contributed by atoms with Crippen molar-refractivity contribution in [3.8, 4) is 0 Å². The molecule has 0 aliphatic rings. The minimum atomic E-state index is -0.202. The van der Waals surface area contributed by atoms with Gasteiger partial charge in [-0.15, -0.1) is 0 Å². The highest BCUT2D eigenvalue weighted by molar-refractivity contribution is 5.76. The van der Waals surface area contributed by atoms with E-state index in [9.17, 15) is 4.39 Å². The molecule has 0 fully saturated rings. The number of hydrogen-bond donors (Lipinski definition) is 0. The van der Waals surface area contributed by atoms with Gasteiger partial charge in [-0.3, -0.25) is 0 Å². The van der Waals surface area contributed by atoms with Crippen molar-refractivity contribution < 1.29 is 4.39 Å². The minimum absolute atomic E-state index is 0.202. The summed E-state index contributed by atoms with van der Waals surface area (Å²) in [7, 11) is 1.84. The summed E-state index contributed by atoms with van der Waals surface area (Å²) in [6.45, 7) is 2.01. The van der Waals surface area contributed by atoms with Crippen LogP contribution in [0, 0.1) is 5.82 Å². The van der Waals surface area contributed by atoms with E-state index in [0.717, 1.165) is 17.8 Å². The average molecular weight is 178 g/mol. The largest absolute Gasteiger partial charge is 0.329 e. The first-order chi connectivity index (χ1) is 6.24. The molecule has 0 radical (unpaired) electrons. The molecule has 0 atom stereocenters. The fourth-order valence-corrected chi connectivity index (χ4v) is 1.59. The Morgan fingerprint density at radius 3 is 2.85 bits per heavy atom. The molecule has 2 rings (SSSR count). The van der Waals surface area contributed by atoms with Crippen LogP contribution in [-0.4, -0.2) is 9.55 Å². The number of aromatic nitrogens is 2. The van der Waals surface area contributed by atoms with E-state index in [0.29, 0.717) is 5.52 Å². The second-order valence-corrected chi connectivity index (χ2v) is 3.05. The summed E-state index contributed by atoms with van der Waals surface area (Å²) in [5.74, 6) is 0.715. The zero-order chi connectivity index (χ0) is 9.42. The number of benzene rings is 1. The topological polar surface area (TPSA) is 17.8 Å². The number of imidazole rings is 1. The highest BCUT2D eigenvalue weighted by atomic mass is 19.1. The fraction of sp³-hybridized carbons (Fsp3) is 0.300. The predicted molar refractivity (Wildman–Crippen MR) is 50.1 cm³/mol. The lowest BCUT2D eigenvalue weighted by molar-refractivity contribution is 0.630. The number of fused-ring (bicyclic) bond motifs is 1. The molecule has 0 spiro atoms. The van der Waals surface area contributed by atoms with E-state index < -0.39 is 0 Å². The van der Waals surface area contributed by atoms with Gasteiger partial charge in [0.25, 0.3) is 0 Å². The molecular weight excluding hydrogens is 167 g/mol. The van der Waals surface area contributed by atoms with E-state index in [2.05, 4.69) is 4.98 Å². The van der Waals surface area contributed by atoms with Crippen molar-refractivity contribution in [2.75, 3.05) is 0 Å². The third-order valence-electron chi connectivity index (χ3n) is 2.25. The number of para-hydroxylation sites is 1. The number of rotatable bonds is 1. The molecule has 13 heavy (non-hydrogen) atoms. The van der Waals surface area contributed by atoms with E-state index in [-0.39, 0.29) is 5.82 Å². The highest BCUT2D eigenvalue weighted by Gasteiger charge is 2.08. The second kappa shape index (κ2) is 2.83. The van der Waals surface area contributed by atoms with E-state index in [1.807, 2.05) is 24.6 Å². The van der Waals surface area contributed by atoms with Gasteiger partial charge in [-0.05, 0) is 12.1 Å². The minimum Gasteiger partial charge on any atom is -0.329 e. The highest BCUT2D eigenvalue weighted by Crippen LogP contribution is 2.17. The van der Waals surface area contributed by atoms with E-state index in [1.54, 1.807) is 6.07 Å². The summed E-state index contributed by atoms with van der Waals surface area (Å²) in [5, 5.41) is 0. The Bertz CT molecular complexity index is 445. The molecule has 0 amide bonds. The first-order valence-corrected chi connectivity index (χ1v) is 4.34. The summed E-state index contributed by atoms with van der Waals surface area (Å²) in [6.07, 6.45) is 0.824. The molecule has 1 heterocycles. The Morgan fingerprint density at radius 2 is 2.23 bits per heavy atom. The van der Waals surface area contributed by atoms with Crippen LogP contribution in [0.15, 0.2) is 18.2 Å². The van der Waals surface area contributed by atoms with Gasteiger partial charge in [0, 0.05) is 13.5 Å². The van der Waals surface area contributed by atoms with Gasteiger partial charge in [-0.2, -0.15) is 0 Å². The smallest absolute Gasteiger partial charge is 0.149 e. The van der Waals surface area contributed by atoms with E-state index in [1.165, 1.54) is 6.07 Å². The zero-order valence-electron chi connectivity index (χ0n) is 7.71. The van der Waals surface area contributed by atoms with Gasteiger partial charge in [-0.25, -0.2) is 9.37 Å². The molecule has 2 aromatic rings. The normalized spacial score (nSPS) is 11.0. The van der Waals surface area contributed by atoms with Crippen LogP contribution in [-0.2, 0) is 13.5 Å². The van der Waals surface area contributed by atoms with Crippen molar-refractivity contribution in [1.82, 2.24) is 9.55 Å². The fourth-order valence-electron chi connectivity index (χ4n) is 1.59. The van der Waals surface area contributed by atoms with Crippen molar-refractivity contribution in [2.24, 2.45) is 7.05 Å². The van der Waals surface area contributed by atoms with Crippen LogP contribution in [0.3, 0.4) is 0 Å². The first kappa shape index (κ1) is 8.23. The van der Waals surface area contributed by atoms with Crippen LogP contribution in [0.1, 0.15) is 12.7 Å². The molecule has 3 heteroatoms. The van der Waals surface area contributed by atoms with Crippen molar-refractivity contribution in [3.63, 3.8) is 0 Å². The van der Waals surface area contributed by atoms with Crippen LogP contribution < -0.4 is 0 Å². The maximum atomic E-state index is 13.3. The summed E-state index contributed by atoms with van der Waals surface area (Å²) < 4.78 is 15.1. The van der Waals surface area contributed by atoms with Crippen molar-refractivity contribution in [2.45, 2.75) is 13.3 Å². The van der Waals surface area contributed by atoms with Crippen LogP contribution >= 0.6 is 0 Å². The summed E-state index contributed by atoms with van der Waals surface area (Å²) in [5.41, 5.74) is 1.33. The van der Waals surface area contributed by atoms with Gasteiger partial charge in [-0.1, -0.05) is 13.0 Å². The van der Waals surface area contributed by atoms with Gasteiger partial charge in [0.15, 0.2) is 0 Å². The molecule has 0 saturated carbocycles. The Kier molecular flexibility index (Phi) is 1.79. The first-order valence-electron chi connectivity index (χ1n) is 4.34. The summed E-state index contributed by atoms with van der Waals surface area (Å²) in [4.78, 5) is 4.31. The molecule has 0 saturated heterocycles. The Labute approximate surface area is 76.0 Å². The van der Waals surface area contributed by atoms with Gasteiger partial charge in [0.2, 0.25) is 0 Å². The molecular formula is C10H11FN2. The quantitative estimate of drug-likeness (QED) is 0.655. The second-order valence-electron chi connectivity index (χ2n) is 3.05. The lowest BCUT2D eigenvalue weighted by atomic mass is 10.3. The van der Waals surface area contributed by atoms with E-state index in [4.69, 9.17) is 0 Å². The van der Waals surface area contributed by atoms with Crippen LogP contribution in [0.5, 0.6) is 0 Å². The zero-order valence-corrected chi connectivity index (χ0v) is 7.71. The van der Waals surface area contributed by atoms with Crippen molar-refractivity contribution in [3.05, 3.63) is 29.8 Å². The molecule has 68 valence electrons. The number of hydrogen-bond acceptors (Lipinski definition) is 1. The maximum Gasteiger partial charge on any atom is 0.149 e. The van der Waals surface area contributed by atoms with Crippen LogP contribution in [0.2, 0.25) is 0 Å². The van der Waals surface area contributed by atoms with Gasteiger partial charge < -0.3 is 4.57 Å². The SMILES string of the molecule is CCc1nc2cccc(F)c2n1C. The molecule has 0 aliphatic heterocycles. The van der Waals surface area contributed by atoms with Gasteiger partial charge in [0.1, 0.15) is 17.2 Å². The molecule has 1 aromatic carbocycles.